The Balaban J connectivity index is 2.35. The monoisotopic (exact) mass is 294 g/mol. The summed E-state index contributed by atoms with van der Waals surface area (Å²) in [5, 5.41) is 0. The van der Waals surface area contributed by atoms with Gasteiger partial charge in [0.15, 0.2) is 0 Å². The van der Waals surface area contributed by atoms with E-state index >= 15 is 0 Å². The molecule has 0 radical (unpaired) electrons. The van der Waals surface area contributed by atoms with E-state index in [0.29, 0.717) is 16.9 Å². The number of halogens is 1. The van der Waals surface area contributed by atoms with Crippen molar-refractivity contribution in [3.05, 3.63) is 0 Å². The summed E-state index contributed by atoms with van der Waals surface area (Å²) in [5.74, 6) is 0.909. The number of hydrogen-bond donors (Lipinski definition) is 0. The number of ether oxygens (including phenoxy) is 1. The van der Waals surface area contributed by atoms with E-state index in [1.807, 2.05) is 7.11 Å². The molecule has 0 unspecified atom stereocenters. The molecule has 3 atom stereocenters. The van der Waals surface area contributed by atoms with E-state index in [0.717, 1.165) is 5.92 Å². The van der Waals surface area contributed by atoms with Gasteiger partial charge >= 0.3 is 0 Å². The normalized spacial score (nSPS) is 47.1. The van der Waals surface area contributed by atoms with Crippen molar-refractivity contribution in [1.82, 2.24) is 0 Å². The van der Waals surface area contributed by atoms with Crippen LogP contribution in [-0.4, -0.2) is 17.6 Å². The molecule has 0 amide bonds. The second-order valence-electron chi connectivity index (χ2n) is 5.21. The second-order valence-corrected chi connectivity index (χ2v) is 5.97. The van der Waals surface area contributed by atoms with E-state index in [1.54, 1.807) is 0 Å². The summed E-state index contributed by atoms with van der Waals surface area (Å²) in [6.45, 7) is 4.89. The third-order valence-corrected chi connectivity index (χ3v) is 6.24. The zero-order valence-corrected chi connectivity index (χ0v) is 10.9. The van der Waals surface area contributed by atoms with Gasteiger partial charge in [-0.1, -0.05) is 36.4 Å². The summed E-state index contributed by atoms with van der Waals surface area (Å²) in [7, 11) is 1.88. The summed E-state index contributed by atoms with van der Waals surface area (Å²) in [4.78, 5) is 0. The molecule has 2 saturated carbocycles. The SMILES string of the molecule is CO[C@@H]1C[C@H]2CC[C@]1(CI)C2(C)C. The number of rotatable bonds is 2. The zero-order valence-electron chi connectivity index (χ0n) is 8.77. The fourth-order valence-corrected chi connectivity index (χ4v) is 5.50. The molecule has 0 aliphatic heterocycles. The van der Waals surface area contributed by atoms with Crippen LogP contribution in [0.15, 0.2) is 0 Å². The molecule has 0 aromatic heterocycles. The molecular weight excluding hydrogens is 275 g/mol. The summed E-state index contributed by atoms with van der Waals surface area (Å²) in [5.41, 5.74) is 0.988. The van der Waals surface area contributed by atoms with Crippen molar-refractivity contribution >= 4 is 22.6 Å². The molecule has 0 N–H and O–H groups in total. The highest BCUT2D eigenvalue weighted by atomic mass is 127. The van der Waals surface area contributed by atoms with Crippen LogP contribution < -0.4 is 0 Å². The number of fused-ring (bicyclic) bond motifs is 2. The molecule has 0 aromatic rings. The van der Waals surface area contributed by atoms with Gasteiger partial charge in [0, 0.05) is 17.0 Å². The van der Waals surface area contributed by atoms with E-state index in [4.69, 9.17) is 4.74 Å². The van der Waals surface area contributed by atoms with Crippen molar-refractivity contribution < 1.29 is 4.74 Å². The number of alkyl halides is 1. The first kappa shape index (κ1) is 10.2. The molecule has 2 aliphatic rings. The van der Waals surface area contributed by atoms with Crippen molar-refractivity contribution in [1.29, 1.82) is 0 Å². The van der Waals surface area contributed by atoms with E-state index < -0.39 is 0 Å². The Morgan fingerprint density at radius 3 is 2.54 bits per heavy atom. The third-order valence-electron chi connectivity index (χ3n) is 4.88. The first-order valence-electron chi connectivity index (χ1n) is 5.17. The zero-order chi connectivity index (χ0) is 9.69. The Hall–Kier alpha value is 0.690. The summed E-state index contributed by atoms with van der Waals surface area (Å²) >= 11 is 2.55. The average molecular weight is 294 g/mol. The molecular formula is C11H19IO. The topological polar surface area (TPSA) is 9.23 Å². The minimum absolute atomic E-state index is 0.479. The van der Waals surface area contributed by atoms with Crippen LogP contribution in [0, 0.1) is 16.7 Å². The number of methoxy groups -OCH3 is 1. The van der Waals surface area contributed by atoms with Gasteiger partial charge in [-0.15, -0.1) is 0 Å². The summed E-state index contributed by atoms with van der Waals surface area (Å²) in [6.07, 6.45) is 4.63. The van der Waals surface area contributed by atoms with Crippen LogP contribution in [0.5, 0.6) is 0 Å². The molecule has 0 heterocycles. The van der Waals surface area contributed by atoms with Crippen LogP contribution in [0.25, 0.3) is 0 Å². The highest BCUT2D eigenvalue weighted by molar-refractivity contribution is 14.1. The fraction of sp³-hybridized carbons (Fsp3) is 1.00. The maximum Gasteiger partial charge on any atom is 0.0642 e. The lowest BCUT2D eigenvalue weighted by Crippen LogP contribution is -2.41. The lowest BCUT2D eigenvalue weighted by molar-refractivity contribution is -0.0147. The van der Waals surface area contributed by atoms with E-state index in [2.05, 4.69) is 36.4 Å². The second kappa shape index (κ2) is 3.09. The molecule has 13 heavy (non-hydrogen) atoms. The predicted molar refractivity (Wildman–Crippen MR) is 63.2 cm³/mol. The third kappa shape index (κ3) is 1.08. The molecule has 0 saturated heterocycles. The van der Waals surface area contributed by atoms with E-state index in [9.17, 15) is 0 Å². The Kier molecular flexibility index (Phi) is 2.43. The minimum Gasteiger partial charge on any atom is -0.381 e. The highest BCUT2D eigenvalue weighted by Crippen LogP contribution is 2.66. The molecule has 0 aromatic carbocycles. The standard InChI is InChI=1S/C11H19IO/c1-10(2)8-4-5-11(10,7-12)9(6-8)13-3/h8-9H,4-7H2,1-3H3/t8-,9-,11-/m1/s1. The van der Waals surface area contributed by atoms with Crippen LogP contribution in [0.4, 0.5) is 0 Å². The minimum atomic E-state index is 0.479. The van der Waals surface area contributed by atoms with Crippen molar-refractivity contribution in [2.75, 3.05) is 11.5 Å². The fourth-order valence-electron chi connectivity index (χ4n) is 3.64. The predicted octanol–water partition coefficient (Wildman–Crippen LogP) is 3.26. The molecule has 2 aliphatic carbocycles. The van der Waals surface area contributed by atoms with Gasteiger partial charge in [0.05, 0.1) is 6.10 Å². The average Bonchev–Trinajstić information content (AvgIpc) is 2.50. The Morgan fingerprint density at radius 2 is 2.15 bits per heavy atom. The quantitative estimate of drug-likeness (QED) is 0.561. The van der Waals surface area contributed by atoms with E-state index in [1.165, 1.54) is 23.7 Å². The maximum atomic E-state index is 5.67. The van der Waals surface area contributed by atoms with Crippen molar-refractivity contribution in [3.63, 3.8) is 0 Å². The van der Waals surface area contributed by atoms with Crippen molar-refractivity contribution in [3.8, 4) is 0 Å². The van der Waals surface area contributed by atoms with Gasteiger partial charge in [-0.3, -0.25) is 0 Å². The molecule has 2 rings (SSSR count). The summed E-state index contributed by atoms with van der Waals surface area (Å²) in [6, 6.07) is 0. The molecule has 2 bridgehead atoms. The maximum absolute atomic E-state index is 5.67. The molecule has 0 spiro atoms. The first-order valence-corrected chi connectivity index (χ1v) is 6.70. The van der Waals surface area contributed by atoms with Gasteiger partial charge in [-0.25, -0.2) is 0 Å². The van der Waals surface area contributed by atoms with Crippen molar-refractivity contribution in [2.45, 2.75) is 39.2 Å². The molecule has 76 valence electrons. The van der Waals surface area contributed by atoms with Gasteiger partial charge in [0.2, 0.25) is 0 Å². The van der Waals surface area contributed by atoms with Gasteiger partial charge in [-0.2, -0.15) is 0 Å². The van der Waals surface area contributed by atoms with Gasteiger partial charge < -0.3 is 4.74 Å². The van der Waals surface area contributed by atoms with E-state index in [-0.39, 0.29) is 0 Å². The smallest absolute Gasteiger partial charge is 0.0642 e. The van der Waals surface area contributed by atoms with Crippen LogP contribution in [0.1, 0.15) is 33.1 Å². The Bertz CT molecular complexity index is 214. The molecule has 2 fully saturated rings. The lowest BCUT2D eigenvalue weighted by atomic mass is 9.70. The molecule has 1 nitrogen and oxygen atoms in total. The lowest BCUT2D eigenvalue weighted by Gasteiger charge is -2.40. The van der Waals surface area contributed by atoms with Crippen molar-refractivity contribution in [2.24, 2.45) is 16.7 Å². The largest absolute Gasteiger partial charge is 0.381 e. The summed E-state index contributed by atoms with van der Waals surface area (Å²) < 4.78 is 6.93. The van der Waals surface area contributed by atoms with Gasteiger partial charge in [0.1, 0.15) is 0 Å². The van der Waals surface area contributed by atoms with Gasteiger partial charge in [0.25, 0.3) is 0 Å². The van der Waals surface area contributed by atoms with Gasteiger partial charge in [-0.05, 0) is 30.6 Å². The first-order chi connectivity index (χ1) is 6.08. The van der Waals surface area contributed by atoms with Crippen LogP contribution in [0.2, 0.25) is 0 Å². The molecule has 2 heteroatoms. The van der Waals surface area contributed by atoms with Crippen LogP contribution in [-0.2, 0) is 4.74 Å². The number of hydrogen-bond acceptors (Lipinski definition) is 1. The Labute approximate surface area is 94.8 Å². The van der Waals surface area contributed by atoms with Crippen LogP contribution >= 0.6 is 22.6 Å². The Morgan fingerprint density at radius 1 is 1.46 bits per heavy atom. The highest BCUT2D eigenvalue weighted by Gasteiger charge is 2.63. The van der Waals surface area contributed by atoms with Crippen LogP contribution in [0.3, 0.4) is 0 Å².